The number of carbonyl (C=O) groups excluding carboxylic acids is 1. The second kappa shape index (κ2) is 9.25. The van der Waals surface area contributed by atoms with Crippen LogP contribution >= 0.6 is 0 Å². The summed E-state index contributed by atoms with van der Waals surface area (Å²) in [7, 11) is 4.00. The summed E-state index contributed by atoms with van der Waals surface area (Å²) in [5, 5.41) is 13.9. The molecule has 1 saturated heterocycles. The van der Waals surface area contributed by atoms with Gasteiger partial charge in [-0.25, -0.2) is 0 Å². The van der Waals surface area contributed by atoms with Crippen LogP contribution in [-0.2, 0) is 11.8 Å². The molecule has 1 heterocycles. The van der Waals surface area contributed by atoms with Gasteiger partial charge in [0.2, 0.25) is 0 Å². The second-order valence-corrected chi connectivity index (χ2v) is 11.6. The standard InChI is InChI=1S/C30H41N3O2/c1-29-14-12-25(27(13-15-29)32(4)28(35)21-8-6-5-7-9-21)30(29,2)26-19-24(34)11-10-22(26)18-23-20-33(23)17-16-31-3/h5-11,19,23,25,27,31,34H,12-18,20H2,1-4H3. The van der Waals surface area contributed by atoms with Gasteiger partial charge in [0, 0.05) is 49.7 Å². The Bertz CT molecular complexity index is 1070. The molecular formula is C30H41N3O2. The minimum Gasteiger partial charge on any atom is -0.508 e. The first kappa shape index (κ1) is 24.3. The summed E-state index contributed by atoms with van der Waals surface area (Å²) in [5.74, 6) is 0.841. The molecule has 1 amide bonds. The Hall–Kier alpha value is -2.37. The van der Waals surface area contributed by atoms with Crippen molar-refractivity contribution >= 4 is 5.91 Å². The highest BCUT2D eigenvalue weighted by atomic mass is 16.3. The normalized spacial score (nSPS) is 33.5. The van der Waals surface area contributed by atoms with Gasteiger partial charge in [-0.2, -0.15) is 0 Å². The molecule has 3 fully saturated rings. The molecule has 5 heteroatoms. The molecule has 1 aliphatic heterocycles. The zero-order valence-corrected chi connectivity index (χ0v) is 21.8. The number of fused-ring (bicyclic) bond motifs is 2. The molecule has 2 aromatic carbocycles. The van der Waals surface area contributed by atoms with Crippen LogP contribution in [0.5, 0.6) is 5.75 Å². The Kier molecular flexibility index (Phi) is 6.43. The predicted molar refractivity (Wildman–Crippen MR) is 141 cm³/mol. The van der Waals surface area contributed by atoms with Gasteiger partial charge in [-0.15, -0.1) is 0 Å². The average molecular weight is 476 g/mol. The number of phenols is 1. The summed E-state index contributed by atoms with van der Waals surface area (Å²) >= 11 is 0. The van der Waals surface area contributed by atoms with Crippen LogP contribution < -0.4 is 5.32 Å². The number of aromatic hydroxyl groups is 1. The third kappa shape index (κ3) is 4.17. The molecule has 6 unspecified atom stereocenters. The molecule has 2 aliphatic carbocycles. The number of amides is 1. The molecule has 5 nitrogen and oxygen atoms in total. The van der Waals surface area contributed by atoms with Gasteiger partial charge < -0.3 is 15.3 Å². The Balaban J connectivity index is 1.46. The number of rotatable bonds is 8. The molecule has 0 aromatic heterocycles. The van der Waals surface area contributed by atoms with Crippen LogP contribution in [0.2, 0.25) is 0 Å². The van der Waals surface area contributed by atoms with Crippen molar-refractivity contribution in [3.05, 3.63) is 65.2 Å². The quantitative estimate of drug-likeness (QED) is 0.554. The predicted octanol–water partition coefficient (Wildman–Crippen LogP) is 4.45. The fourth-order valence-corrected chi connectivity index (χ4v) is 7.45. The Morgan fingerprint density at radius 2 is 1.89 bits per heavy atom. The summed E-state index contributed by atoms with van der Waals surface area (Å²) in [6.07, 6.45) is 5.47. The van der Waals surface area contributed by atoms with E-state index in [0.717, 1.165) is 50.9 Å². The van der Waals surface area contributed by atoms with Crippen LogP contribution in [0, 0.1) is 11.3 Å². The summed E-state index contributed by atoms with van der Waals surface area (Å²) in [6.45, 7) is 8.13. The third-order valence-electron chi connectivity index (χ3n) is 9.88. The van der Waals surface area contributed by atoms with Crippen LogP contribution in [0.25, 0.3) is 0 Å². The van der Waals surface area contributed by atoms with Gasteiger partial charge in [0.25, 0.3) is 5.91 Å². The van der Waals surface area contributed by atoms with Crippen molar-refractivity contribution in [2.45, 2.75) is 63.5 Å². The minimum atomic E-state index is -0.0834. The number of likely N-dealkylation sites (N-methyl/N-ethyl adjacent to an activating group) is 1. The summed E-state index contributed by atoms with van der Waals surface area (Å²) in [4.78, 5) is 18.0. The maximum absolute atomic E-state index is 13.4. The number of phenolic OH excluding ortho intramolecular Hbond substituents is 1. The first-order valence-electron chi connectivity index (χ1n) is 13.3. The number of nitrogens with one attached hydrogen (secondary N) is 1. The van der Waals surface area contributed by atoms with Crippen LogP contribution in [0.4, 0.5) is 0 Å². The van der Waals surface area contributed by atoms with Gasteiger partial charge in [0.15, 0.2) is 0 Å². The first-order chi connectivity index (χ1) is 16.8. The highest BCUT2D eigenvalue weighted by Crippen LogP contribution is 2.65. The fraction of sp³-hybridized carbons (Fsp3) is 0.567. The Morgan fingerprint density at radius 3 is 2.63 bits per heavy atom. The van der Waals surface area contributed by atoms with Gasteiger partial charge >= 0.3 is 0 Å². The largest absolute Gasteiger partial charge is 0.508 e. The Morgan fingerprint density at radius 1 is 1.14 bits per heavy atom. The molecular weight excluding hydrogens is 434 g/mol. The lowest BCUT2D eigenvalue weighted by Crippen LogP contribution is -2.55. The third-order valence-corrected chi connectivity index (χ3v) is 9.88. The molecule has 3 aliphatic rings. The van der Waals surface area contributed by atoms with Gasteiger partial charge in [-0.3, -0.25) is 9.69 Å². The molecule has 0 radical (unpaired) electrons. The van der Waals surface area contributed by atoms with Crippen molar-refractivity contribution in [1.82, 2.24) is 15.1 Å². The molecule has 0 spiro atoms. The van der Waals surface area contributed by atoms with E-state index in [1.54, 1.807) is 0 Å². The van der Waals surface area contributed by atoms with Gasteiger partial charge in [-0.1, -0.05) is 38.1 Å². The van der Waals surface area contributed by atoms with E-state index in [1.165, 1.54) is 17.5 Å². The van der Waals surface area contributed by atoms with Crippen molar-refractivity contribution in [3.8, 4) is 5.75 Å². The lowest BCUT2D eigenvalue weighted by molar-refractivity contribution is 0.0218. The van der Waals surface area contributed by atoms with E-state index in [4.69, 9.17) is 0 Å². The zero-order valence-electron chi connectivity index (χ0n) is 21.8. The molecule has 5 rings (SSSR count). The first-order valence-corrected chi connectivity index (χ1v) is 13.3. The maximum atomic E-state index is 13.4. The smallest absolute Gasteiger partial charge is 0.253 e. The Labute approximate surface area is 210 Å². The molecule has 2 bridgehead atoms. The van der Waals surface area contributed by atoms with Crippen molar-refractivity contribution in [3.63, 3.8) is 0 Å². The highest BCUT2D eigenvalue weighted by Gasteiger charge is 2.61. The number of hydrogen-bond donors (Lipinski definition) is 2. The second-order valence-electron chi connectivity index (χ2n) is 11.6. The van der Waals surface area contributed by atoms with E-state index >= 15 is 0 Å². The molecule has 6 atom stereocenters. The number of hydrogen-bond acceptors (Lipinski definition) is 4. The van der Waals surface area contributed by atoms with Crippen LogP contribution in [0.1, 0.15) is 61.0 Å². The maximum Gasteiger partial charge on any atom is 0.253 e. The average Bonchev–Trinajstić information content (AvgIpc) is 3.59. The molecule has 2 N–H and O–H groups in total. The van der Waals surface area contributed by atoms with E-state index in [2.05, 4.69) is 30.1 Å². The van der Waals surface area contributed by atoms with Crippen molar-refractivity contribution < 1.29 is 9.90 Å². The number of benzene rings is 2. The number of nitrogens with zero attached hydrogens (tertiary/aromatic N) is 2. The van der Waals surface area contributed by atoms with Crippen LogP contribution in [-0.4, -0.2) is 66.6 Å². The SMILES string of the molecule is CNCCN1CC1Cc1ccc(O)cc1C1(C)C2CCC1(C)CCC2N(C)C(=O)c1ccccc1. The van der Waals surface area contributed by atoms with Crippen molar-refractivity contribution in [2.75, 3.05) is 33.7 Å². The van der Waals surface area contributed by atoms with Gasteiger partial charge in [0.05, 0.1) is 0 Å². The molecule has 2 aromatic rings. The van der Waals surface area contributed by atoms with Gasteiger partial charge in [0.1, 0.15) is 5.75 Å². The monoisotopic (exact) mass is 475 g/mol. The highest BCUT2D eigenvalue weighted by molar-refractivity contribution is 5.94. The lowest BCUT2D eigenvalue weighted by Gasteiger charge is -2.54. The van der Waals surface area contributed by atoms with Crippen LogP contribution in [0.3, 0.4) is 0 Å². The lowest BCUT2D eigenvalue weighted by atomic mass is 9.53. The van der Waals surface area contributed by atoms with Crippen molar-refractivity contribution in [1.29, 1.82) is 0 Å². The van der Waals surface area contributed by atoms with E-state index in [0.29, 0.717) is 17.7 Å². The van der Waals surface area contributed by atoms with E-state index in [1.807, 2.05) is 61.5 Å². The number of carbonyl (C=O) groups is 1. The van der Waals surface area contributed by atoms with E-state index in [9.17, 15) is 9.90 Å². The van der Waals surface area contributed by atoms with Crippen LogP contribution in [0.15, 0.2) is 48.5 Å². The summed E-state index contributed by atoms with van der Waals surface area (Å²) in [5.41, 5.74) is 3.53. The molecule has 188 valence electrons. The summed E-state index contributed by atoms with van der Waals surface area (Å²) < 4.78 is 0. The topological polar surface area (TPSA) is 55.6 Å². The van der Waals surface area contributed by atoms with Crippen molar-refractivity contribution in [2.24, 2.45) is 11.3 Å². The fourth-order valence-electron chi connectivity index (χ4n) is 7.45. The van der Waals surface area contributed by atoms with E-state index in [-0.39, 0.29) is 22.8 Å². The molecule has 2 saturated carbocycles. The zero-order chi connectivity index (χ0) is 24.8. The molecule has 35 heavy (non-hydrogen) atoms. The minimum absolute atomic E-state index is 0.0834. The van der Waals surface area contributed by atoms with Gasteiger partial charge in [-0.05, 0) is 85.9 Å². The van der Waals surface area contributed by atoms with E-state index < -0.39 is 0 Å². The summed E-state index contributed by atoms with van der Waals surface area (Å²) in [6, 6.07) is 16.5.